The van der Waals surface area contributed by atoms with E-state index in [2.05, 4.69) is 20.2 Å². The number of aromatic nitrogens is 2. The minimum Gasteiger partial charge on any atom is -0.353 e. The second-order valence-corrected chi connectivity index (χ2v) is 8.73. The summed E-state index contributed by atoms with van der Waals surface area (Å²) in [6, 6.07) is 9.74. The number of aryl methyl sites for hydroxylation is 2. The van der Waals surface area contributed by atoms with E-state index in [-0.39, 0.29) is 21.2 Å². The van der Waals surface area contributed by atoms with Gasteiger partial charge in [-0.05, 0) is 61.8 Å². The number of hydrogen-bond donors (Lipinski definition) is 2. The van der Waals surface area contributed by atoms with Gasteiger partial charge in [0, 0.05) is 46.1 Å². The third-order valence-corrected chi connectivity index (χ3v) is 6.75. The Kier molecular flexibility index (Phi) is 4.54. The minimum atomic E-state index is -0.377. The van der Waals surface area contributed by atoms with Gasteiger partial charge in [-0.15, -0.1) is 0 Å². The number of fused-ring (bicyclic) bond motifs is 6. The number of nitro benzene ring substituents is 2. The zero-order valence-electron chi connectivity index (χ0n) is 18.1. The maximum absolute atomic E-state index is 11.2. The quantitative estimate of drug-likeness (QED) is 0.317. The Bertz CT molecular complexity index is 1460. The highest BCUT2D eigenvalue weighted by Crippen LogP contribution is 2.34. The summed E-state index contributed by atoms with van der Waals surface area (Å²) in [6.07, 6.45) is 4.99. The van der Waals surface area contributed by atoms with Crippen molar-refractivity contribution in [3.05, 3.63) is 79.1 Å². The van der Waals surface area contributed by atoms with Gasteiger partial charge in [0.1, 0.15) is 0 Å². The number of hydrogen-bond acceptors (Lipinski definition) is 6. The number of non-ortho nitro benzene ring substituents is 2. The first-order valence-electron chi connectivity index (χ1n) is 11.2. The van der Waals surface area contributed by atoms with E-state index in [1.165, 1.54) is 12.1 Å². The molecule has 2 N–H and O–H groups in total. The van der Waals surface area contributed by atoms with Gasteiger partial charge in [-0.3, -0.25) is 20.2 Å². The molecule has 0 saturated heterocycles. The van der Waals surface area contributed by atoms with Gasteiger partial charge in [0.05, 0.1) is 32.7 Å². The Morgan fingerprint density at radius 3 is 1.53 bits per heavy atom. The fourth-order valence-electron chi connectivity index (χ4n) is 5.15. The van der Waals surface area contributed by atoms with E-state index in [1.807, 2.05) is 0 Å². The Hall–Kier alpha value is -4.34. The Morgan fingerprint density at radius 1 is 0.676 bits per heavy atom. The molecular formula is C24H20N6O4. The van der Waals surface area contributed by atoms with Crippen molar-refractivity contribution in [1.82, 2.24) is 9.97 Å². The molecule has 2 heterocycles. The van der Waals surface area contributed by atoms with Crippen LogP contribution in [0.1, 0.15) is 48.2 Å². The van der Waals surface area contributed by atoms with E-state index in [9.17, 15) is 20.2 Å². The Labute approximate surface area is 192 Å². The molecule has 0 atom stereocenters. The van der Waals surface area contributed by atoms with Crippen molar-refractivity contribution in [2.24, 2.45) is 10.2 Å². The number of nitro groups is 2. The van der Waals surface area contributed by atoms with Crippen molar-refractivity contribution in [2.45, 2.75) is 38.5 Å². The van der Waals surface area contributed by atoms with Crippen LogP contribution >= 0.6 is 0 Å². The van der Waals surface area contributed by atoms with E-state index in [4.69, 9.17) is 0 Å². The number of benzene rings is 2. The number of nitrogens with one attached hydrogen (secondary N) is 2. The summed E-state index contributed by atoms with van der Waals surface area (Å²) in [5.41, 5.74) is 7.43. The molecule has 0 radical (unpaired) electrons. The minimum absolute atomic E-state index is 0.0763. The first-order valence-corrected chi connectivity index (χ1v) is 11.2. The molecule has 34 heavy (non-hydrogen) atoms. The topological polar surface area (TPSA) is 143 Å². The van der Waals surface area contributed by atoms with Gasteiger partial charge in [0.15, 0.2) is 0 Å². The fourth-order valence-corrected chi connectivity index (χ4v) is 5.15. The summed E-state index contributed by atoms with van der Waals surface area (Å²) < 4.78 is 0. The van der Waals surface area contributed by atoms with Gasteiger partial charge in [-0.2, -0.15) is 10.2 Å². The summed E-state index contributed by atoms with van der Waals surface area (Å²) in [6.45, 7) is 0. The van der Waals surface area contributed by atoms with Crippen LogP contribution in [0.15, 0.2) is 46.6 Å². The van der Waals surface area contributed by atoms with Crippen LogP contribution in [-0.4, -0.2) is 31.2 Å². The SMILES string of the molecule is O=[N+]([O-])c1ccc2[nH]c3c(c2c1)CCC/C3=N\N=C1/CCCc2c1[nH]c1ccc([N+](=O)[O-])cc21. The van der Waals surface area contributed by atoms with E-state index < -0.39 is 0 Å². The second-order valence-electron chi connectivity index (χ2n) is 8.73. The van der Waals surface area contributed by atoms with E-state index in [1.54, 1.807) is 24.3 Å². The predicted octanol–water partition coefficient (Wildman–Crippen LogP) is 5.33. The van der Waals surface area contributed by atoms with Crippen LogP contribution < -0.4 is 0 Å². The first-order chi connectivity index (χ1) is 16.5. The largest absolute Gasteiger partial charge is 0.353 e. The smallest absolute Gasteiger partial charge is 0.270 e. The highest BCUT2D eigenvalue weighted by molar-refractivity contribution is 6.09. The van der Waals surface area contributed by atoms with Crippen LogP contribution in [0, 0.1) is 20.2 Å². The molecule has 0 spiro atoms. The summed E-state index contributed by atoms with van der Waals surface area (Å²) in [4.78, 5) is 28.4. The third kappa shape index (κ3) is 3.18. The average Bonchev–Trinajstić information content (AvgIpc) is 3.40. The molecule has 10 heteroatoms. The van der Waals surface area contributed by atoms with Crippen LogP contribution in [-0.2, 0) is 12.8 Å². The van der Waals surface area contributed by atoms with Crippen molar-refractivity contribution in [3.63, 3.8) is 0 Å². The normalized spacial score (nSPS) is 17.9. The molecule has 2 aliphatic rings. The molecule has 0 saturated carbocycles. The number of aromatic amines is 2. The lowest BCUT2D eigenvalue weighted by atomic mass is 9.93. The molecule has 6 rings (SSSR count). The van der Waals surface area contributed by atoms with Gasteiger partial charge in [0.2, 0.25) is 0 Å². The lowest BCUT2D eigenvalue weighted by Gasteiger charge is -2.15. The molecule has 0 unspecified atom stereocenters. The van der Waals surface area contributed by atoms with E-state index >= 15 is 0 Å². The number of nitrogens with zero attached hydrogens (tertiary/aromatic N) is 4. The van der Waals surface area contributed by atoms with Gasteiger partial charge in [-0.25, -0.2) is 0 Å². The first kappa shape index (κ1) is 20.3. The molecule has 0 fully saturated rings. The highest BCUT2D eigenvalue weighted by atomic mass is 16.6. The standard InChI is InChI=1S/C24H20N6O4/c31-29(32)13-7-9-19-17(11-13)15-3-1-5-21(23(15)25-19)27-28-22-6-2-4-16-18-12-14(30(33)34)8-10-20(18)26-24(16)22/h7-12,25-26H,1-6H2/b27-21+,28-22+. The molecule has 170 valence electrons. The Balaban J connectivity index is 1.42. The van der Waals surface area contributed by atoms with Crippen molar-refractivity contribution in [1.29, 1.82) is 0 Å². The molecule has 0 bridgehead atoms. The van der Waals surface area contributed by atoms with Gasteiger partial charge >= 0.3 is 0 Å². The lowest BCUT2D eigenvalue weighted by Crippen LogP contribution is -2.13. The molecular weight excluding hydrogens is 436 g/mol. The van der Waals surface area contributed by atoms with Crippen LogP contribution in [0.5, 0.6) is 0 Å². The van der Waals surface area contributed by atoms with Gasteiger partial charge < -0.3 is 9.97 Å². The summed E-state index contributed by atoms with van der Waals surface area (Å²) >= 11 is 0. The second kappa shape index (κ2) is 7.62. The van der Waals surface area contributed by atoms with Crippen LogP contribution in [0.4, 0.5) is 11.4 Å². The van der Waals surface area contributed by atoms with Crippen LogP contribution in [0.25, 0.3) is 21.8 Å². The molecule has 4 aromatic rings. The zero-order chi connectivity index (χ0) is 23.4. The van der Waals surface area contributed by atoms with Gasteiger partial charge in [-0.1, -0.05) is 0 Å². The van der Waals surface area contributed by atoms with Crippen molar-refractivity contribution in [3.8, 4) is 0 Å². The fraction of sp³-hybridized carbons (Fsp3) is 0.250. The van der Waals surface area contributed by atoms with Crippen molar-refractivity contribution < 1.29 is 9.85 Å². The van der Waals surface area contributed by atoms with Crippen LogP contribution in [0.2, 0.25) is 0 Å². The molecule has 2 aromatic carbocycles. The molecule has 2 aliphatic carbocycles. The van der Waals surface area contributed by atoms with E-state index in [0.717, 1.165) is 94.3 Å². The predicted molar refractivity (Wildman–Crippen MR) is 129 cm³/mol. The lowest BCUT2D eigenvalue weighted by molar-refractivity contribution is -0.384. The molecule has 0 aliphatic heterocycles. The Morgan fingerprint density at radius 2 is 1.12 bits per heavy atom. The molecule has 2 aromatic heterocycles. The zero-order valence-corrected chi connectivity index (χ0v) is 18.1. The highest BCUT2D eigenvalue weighted by Gasteiger charge is 2.24. The summed E-state index contributed by atoms with van der Waals surface area (Å²) in [7, 11) is 0. The monoisotopic (exact) mass is 456 g/mol. The van der Waals surface area contributed by atoms with E-state index in [0.29, 0.717) is 0 Å². The number of rotatable bonds is 3. The molecule has 0 amide bonds. The van der Waals surface area contributed by atoms with Crippen molar-refractivity contribution in [2.75, 3.05) is 0 Å². The summed E-state index contributed by atoms with van der Waals surface area (Å²) in [5.74, 6) is 0. The number of H-pyrrole nitrogens is 2. The summed E-state index contributed by atoms with van der Waals surface area (Å²) in [5, 5.41) is 33.4. The third-order valence-electron chi connectivity index (χ3n) is 6.75. The van der Waals surface area contributed by atoms with Crippen LogP contribution in [0.3, 0.4) is 0 Å². The maximum Gasteiger partial charge on any atom is 0.270 e. The van der Waals surface area contributed by atoms with Gasteiger partial charge in [0.25, 0.3) is 11.4 Å². The van der Waals surface area contributed by atoms with Crippen molar-refractivity contribution >= 4 is 44.6 Å². The maximum atomic E-state index is 11.2. The average molecular weight is 456 g/mol. The molecule has 10 nitrogen and oxygen atoms in total.